The van der Waals surface area contributed by atoms with E-state index < -0.39 is 24.0 Å². The van der Waals surface area contributed by atoms with Gasteiger partial charge in [-0.3, -0.25) is 14.3 Å². The van der Waals surface area contributed by atoms with Gasteiger partial charge in [0.15, 0.2) is 5.69 Å². The van der Waals surface area contributed by atoms with Crippen LogP contribution in [0.15, 0.2) is 42.7 Å². The van der Waals surface area contributed by atoms with E-state index in [4.69, 9.17) is 26.6 Å². The molecular weight excluding hydrogens is 459 g/mol. The number of hydrogen-bond acceptors (Lipinski definition) is 5. The van der Waals surface area contributed by atoms with Gasteiger partial charge in [-0.25, -0.2) is 14.6 Å². The lowest BCUT2D eigenvalue weighted by Gasteiger charge is -2.05. The van der Waals surface area contributed by atoms with E-state index in [9.17, 15) is 22.8 Å². The number of fused-ring (bicyclic) bond motifs is 2. The monoisotopic (exact) mass is 469 g/mol. The number of imidazole rings is 1. The molecule has 14 heteroatoms. The number of amides is 1. The molecule has 32 heavy (non-hydrogen) atoms. The zero-order chi connectivity index (χ0) is 23.6. The topological polar surface area (TPSA) is 150 Å². The Morgan fingerprint density at radius 1 is 1.12 bits per heavy atom. The largest absolute Gasteiger partial charge is 0.490 e. The highest BCUT2D eigenvalue weighted by Gasteiger charge is 2.38. The zero-order valence-electron chi connectivity index (χ0n) is 15.5. The van der Waals surface area contributed by atoms with Gasteiger partial charge in [-0.05, 0) is 30.3 Å². The molecule has 0 unspecified atom stereocenters. The number of carboxylic acids is 2. The van der Waals surface area contributed by atoms with Crippen molar-refractivity contribution in [2.24, 2.45) is 0 Å². The molecule has 4 N–H and O–H groups in total. The highest BCUT2D eigenvalue weighted by Crippen LogP contribution is 2.21. The Hall–Kier alpha value is -4.13. The Labute approximate surface area is 180 Å². The van der Waals surface area contributed by atoms with Crippen molar-refractivity contribution in [3.8, 4) is 0 Å². The van der Waals surface area contributed by atoms with E-state index in [1.807, 2.05) is 0 Å². The summed E-state index contributed by atoms with van der Waals surface area (Å²) < 4.78 is 33.3. The van der Waals surface area contributed by atoms with E-state index >= 15 is 0 Å². The third-order valence-electron chi connectivity index (χ3n) is 3.96. The molecule has 1 aromatic carbocycles. The highest BCUT2D eigenvalue weighted by molar-refractivity contribution is 6.30. The molecule has 4 aromatic rings. The number of carbonyl (C=O) groups is 3. The quantitative estimate of drug-likeness (QED) is 0.359. The standard InChI is InChI=1S/C16H10ClN5O3.C2HF3O2/c17-8-3-4-22-10(5-8)7-18-14(22)15(23)19-9-1-2-12-11(6-9)13(16(24)25)21-20-12;3-2(4,5)1(6)7/h1-7H,(H,19,23)(H,20,21)(H,24,25);(H,6,7). The fourth-order valence-corrected chi connectivity index (χ4v) is 2.75. The number of H-pyrrole nitrogens is 1. The number of aromatic carboxylic acids is 1. The Kier molecular flexibility index (Phi) is 6.02. The molecule has 10 nitrogen and oxygen atoms in total. The maximum atomic E-state index is 12.5. The van der Waals surface area contributed by atoms with Gasteiger partial charge < -0.3 is 15.5 Å². The summed E-state index contributed by atoms with van der Waals surface area (Å²) in [5, 5.41) is 26.3. The number of aliphatic carboxylic acids is 1. The number of hydrogen-bond donors (Lipinski definition) is 4. The van der Waals surface area contributed by atoms with Crippen LogP contribution in [0, 0.1) is 0 Å². The summed E-state index contributed by atoms with van der Waals surface area (Å²) in [6, 6.07) is 8.20. The Morgan fingerprint density at radius 3 is 2.44 bits per heavy atom. The Balaban J connectivity index is 0.000000360. The average molecular weight is 470 g/mol. The minimum absolute atomic E-state index is 0.105. The average Bonchev–Trinajstić information content (AvgIpc) is 3.31. The fraction of sp³-hybridized carbons (Fsp3) is 0.0556. The molecule has 0 aliphatic carbocycles. The number of aromatic amines is 1. The number of anilines is 1. The molecule has 0 saturated carbocycles. The van der Waals surface area contributed by atoms with Crippen LogP contribution in [0.1, 0.15) is 21.1 Å². The molecule has 0 aliphatic heterocycles. The molecule has 0 bridgehead atoms. The van der Waals surface area contributed by atoms with Gasteiger partial charge in [-0.1, -0.05) is 11.6 Å². The molecule has 0 aliphatic rings. The van der Waals surface area contributed by atoms with Crippen LogP contribution in [-0.4, -0.2) is 53.8 Å². The number of carboxylic acid groups (broad SMARTS) is 2. The molecule has 0 atom stereocenters. The third-order valence-corrected chi connectivity index (χ3v) is 4.20. The van der Waals surface area contributed by atoms with Crippen molar-refractivity contribution in [3.05, 3.63) is 59.3 Å². The van der Waals surface area contributed by atoms with E-state index in [1.165, 1.54) is 0 Å². The first-order valence-electron chi connectivity index (χ1n) is 8.43. The minimum Gasteiger partial charge on any atom is -0.476 e. The Morgan fingerprint density at radius 2 is 1.81 bits per heavy atom. The first kappa shape index (κ1) is 22.6. The predicted molar refractivity (Wildman–Crippen MR) is 105 cm³/mol. The highest BCUT2D eigenvalue weighted by atomic mass is 35.5. The summed E-state index contributed by atoms with van der Waals surface area (Å²) >= 11 is 5.92. The molecule has 3 heterocycles. The second kappa shape index (κ2) is 8.55. The van der Waals surface area contributed by atoms with Crippen molar-refractivity contribution < 1.29 is 37.8 Å². The summed E-state index contributed by atoms with van der Waals surface area (Å²) in [4.78, 5) is 36.7. The lowest BCUT2D eigenvalue weighted by Crippen LogP contribution is -2.21. The van der Waals surface area contributed by atoms with E-state index in [-0.39, 0.29) is 11.5 Å². The van der Waals surface area contributed by atoms with Gasteiger partial charge in [-0.15, -0.1) is 0 Å². The molecular formula is C18H11ClF3N5O5. The van der Waals surface area contributed by atoms with Crippen molar-refractivity contribution >= 4 is 51.6 Å². The van der Waals surface area contributed by atoms with E-state index in [2.05, 4.69) is 20.5 Å². The van der Waals surface area contributed by atoms with Gasteiger partial charge in [0.25, 0.3) is 5.91 Å². The number of nitrogens with one attached hydrogen (secondary N) is 2. The van der Waals surface area contributed by atoms with Crippen molar-refractivity contribution in [3.63, 3.8) is 0 Å². The van der Waals surface area contributed by atoms with Crippen LogP contribution in [0.4, 0.5) is 18.9 Å². The van der Waals surface area contributed by atoms with Gasteiger partial charge in [0.2, 0.25) is 5.82 Å². The number of benzene rings is 1. The maximum Gasteiger partial charge on any atom is 0.490 e. The minimum atomic E-state index is -5.08. The van der Waals surface area contributed by atoms with Crippen LogP contribution in [0.25, 0.3) is 16.4 Å². The van der Waals surface area contributed by atoms with Crippen molar-refractivity contribution in [2.75, 3.05) is 5.32 Å². The normalized spacial score (nSPS) is 11.1. The summed E-state index contributed by atoms with van der Waals surface area (Å²) in [5.41, 5.74) is 1.59. The number of nitrogens with zero attached hydrogens (tertiary/aromatic N) is 3. The number of carbonyl (C=O) groups excluding carboxylic acids is 1. The maximum absolute atomic E-state index is 12.5. The number of alkyl halides is 3. The van der Waals surface area contributed by atoms with Gasteiger partial charge in [-0.2, -0.15) is 18.3 Å². The number of halogens is 4. The lowest BCUT2D eigenvalue weighted by molar-refractivity contribution is -0.192. The van der Waals surface area contributed by atoms with Crippen LogP contribution >= 0.6 is 11.6 Å². The first-order valence-corrected chi connectivity index (χ1v) is 8.80. The second-order valence-corrected chi connectivity index (χ2v) is 6.55. The molecule has 3 aromatic heterocycles. The summed E-state index contributed by atoms with van der Waals surface area (Å²) in [6.45, 7) is 0. The summed E-state index contributed by atoms with van der Waals surface area (Å²) in [7, 11) is 0. The summed E-state index contributed by atoms with van der Waals surface area (Å²) in [6.07, 6.45) is -1.88. The third kappa shape index (κ3) is 4.78. The number of rotatable bonds is 3. The second-order valence-electron chi connectivity index (χ2n) is 6.12. The zero-order valence-corrected chi connectivity index (χ0v) is 16.3. The van der Waals surface area contributed by atoms with Crippen LogP contribution in [0.3, 0.4) is 0 Å². The SMILES string of the molecule is O=C(O)C(F)(F)F.O=C(O)c1n[nH]c2ccc(NC(=O)c3ncc4cc(Cl)ccn34)cc12. The van der Waals surface area contributed by atoms with E-state index in [1.54, 1.807) is 47.1 Å². The Bertz CT molecular complexity index is 1350. The van der Waals surface area contributed by atoms with E-state index in [0.29, 0.717) is 27.1 Å². The van der Waals surface area contributed by atoms with Gasteiger partial charge >= 0.3 is 18.1 Å². The molecule has 0 fully saturated rings. The van der Waals surface area contributed by atoms with Gasteiger partial charge in [0.1, 0.15) is 0 Å². The van der Waals surface area contributed by atoms with Crippen LogP contribution in [-0.2, 0) is 4.79 Å². The van der Waals surface area contributed by atoms with Crippen LogP contribution < -0.4 is 5.32 Å². The van der Waals surface area contributed by atoms with Gasteiger partial charge in [0, 0.05) is 22.3 Å². The molecule has 1 amide bonds. The number of pyridine rings is 1. The first-order chi connectivity index (χ1) is 15.0. The van der Waals surface area contributed by atoms with E-state index in [0.717, 1.165) is 0 Å². The number of aromatic nitrogens is 4. The van der Waals surface area contributed by atoms with Crippen LogP contribution in [0.5, 0.6) is 0 Å². The predicted octanol–water partition coefficient (Wildman–Crippen LogP) is 3.45. The smallest absolute Gasteiger partial charge is 0.476 e. The van der Waals surface area contributed by atoms with Crippen molar-refractivity contribution in [1.82, 2.24) is 19.6 Å². The van der Waals surface area contributed by atoms with Gasteiger partial charge in [0.05, 0.1) is 17.2 Å². The molecule has 0 radical (unpaired) electrons. The molecule has 4 rings (SSSR count). The van der Waals surface area contributed by atoms with Crippen LogP contribution in [0.2, 0.25) is 5.02 Å². The lowest BCUT2D eigenvalue weighted by atomic mass is 10.2. The molecule has 0 saturated heterocycles. The summed E-state index contributed by atoms with van der Waals surface area (Å²) in [5.74, 6) is -4.14. The van der Waals surface area contributed by atoms with Crippen molar-refractivity contribution in [1.29, 1.82) is 0 Å². The fourth-order valence-electron chi connectivity index (χ4n) is 2.58. The van der Waals surface area contributed by atoms with Crippen molar-refractivity contribution in [2.45, 2.75) is 6.18 Å². The molecule has 0 spiro atoms. The molecule has 166 valence electrons.